The van der Waals surface area contributed by atoms with Gasteiger partial charge >= 0.3 is 0 Å². The summed E-state index contributed by atoms with van der Waals surface area (Å²) in [4.78, 5) is 2.79. The lowest BCUT2D eigenvalue weighted by molar-refractivity contribution is 0.415. The molecule has 1 aromatic heterocycles. The van der Waals surface area contributed by atoms with Gasteiger partial charge in [0, 0.05) is 9.75 Å². The highest BCUT2D eigenvalue weighted by Gasteiger charge is 2.10. The number of rotatable bonds is 2. The Morgan fingerprint density at radius 1 is 0.938 bits per heavy atom. The highest BCUT2D eigenvalue weighted by atomic mass is 32.1. The van der Waals surface area contributed by atoms with Crippen LogP contribution in [0.1, 0.15) is 15.3 Å². The van der Waals surface area contributed by atoms with Crippen molar-refractivity contribution in [1.29, 1.82) is 0 Å². The number of benzene rings is 1. The second kappa shape index (κ2) is 4.30. The number of hydrogen-bond acceptors (Lipinski definition) is 2. The molecule has 16 heavy (non-hydrogen) atoms. The van der Waals surface area contributed by atoms with Crippen molar-refractivity contribution in [1.82, 2.24) is 0 Å². The fraction of sp³-hybridized carbons (Fsp3) is 0.286. The van der Waals surface area contributed by atoms with Crippen molar-refractivity contribution >= 4 is 11.3 Å². The van der Waals surface area contributed by atoms with Gasteiger partial charge in [0.25, 0.3) is 0 Å². The summed E-state index contributed by atoms with van der Waals surface area (Å²) in [5.41, 5.74) is 4.05. The van der Waals surface area contributed by atoms with Crippen LogP contribution in [0.15, 0.2) is 24.3 Å². The van der Waals surface area contributed by atoms with E-state index < -0.39 is 0 Å². The molecule has 0 aliphatic rings. The third-order valence-electron chi connectivity index (χ3n) is 2.94. The summed E-state index contributed by atoms with van der Waals surface area (Å²) in [6, 6.07) is 8.28. The summed E-state index contributed by atoms with van der Waals surface area (Å²) in [5, 5.41) is 0. The van der Waals surface area contributed by atoms with E-state index in [-0.39, 0.29) is 0 Å². The van der Waals surface area contributed by atoms with Crippen LogP contribution in [0, 0.1) is 20.8 Å². The smallest absolute Gasteiger partial charge is 0.118 e. The Balaban J connectivity index is 2.50. The van der Waals surface area contributed by atoms with Gasteiger partial charge in [0.05, 0.1) is 7.11 Å². The zero-order valence-corrected chi connectivity index (χ0v) is 10.9. The molecule has 0 saturated carbocycles. The number of thiophene rings is 1. The standard InChI is InChI=1S/C14H16OS/c1-9-10(2)16-11(3)14(9)12-5-7-13(15-4)8-6-12/h5-8H,1-4H3. The Hall–Kier alpha value is -1.28. The molecule has 0 radical (unpaired) electrons. The molecule has 0 saturated heterocycles. The third-order valence-corrected chi connectivity index (χ3v) is 4.06. The summed E-state index contributed by atoms with van der Waals surface area (Å²) in [5.74, 6) is 0.908. The van der Waals surface area contributed by atoms with Crippen LogP contribution in [0.5, 0.6) is 5.75 Å². The molecule has 1 aromatic carbocycles. The lowest BCUT2D eigenvalue weighted by Gasteiger charge is -2.05. The van der Waals surface area contributed by atoms with Gasteiger partial charge < -0.3 is 4.74 Å². The van der Waals surface area contributed by atoms with Gasteiger partial charge in [-0.2, -0.15) is 0 Å². The molecule has 0 aliphatic heterocycles. The monoisotopic (exact) mass is 232 g/mol. The molecule has 1 nitrogen and oxygen atoms in total. The van der Waals surface area contributed by atoms with Gasteiger partial charge in [0.15, 0.2) is 0 Å². The normalized spacial score (nSPS) is 10.5. The van der Waals surface area contributed by atoms with E-state index in [2.05, 4.69) is 32.9 Å². The predicted octanol–water partition coefficient (Wildman–Crippen LogP) is 4.35. The van der Waals surface area contributed by atoms with Gasteiger partial charge in [-0.05, 0) is 49.6 Å². The van der Waals surface area contributed by atoms with Crippen LogP contribution in [-0.2, 0) is 0 Å². The molecule has 0 aliphatic carbocycles. The molecule has 2 aromatic rings. The topological polar surface area (TPSA) is 9.23 Å². The van der Waals surface area contributed by atoms with Crippen LogP contribution in [-0.4, -0.2) is 7.11 Å². The number of ether oxygens (including phenoxy) is 1. The minimum atomic E-state index is 0.908. The van der Waals surface area contributed by atoms with E-state index in [1.807, 2.05) is 23.5 Å². The van der Waals surface area contributed by atoms with Crippen molar-refractivity contribution in [3.63, 3.8) is 0 Å². The second-order valence-electron chi connectivity index (χ2n) is 3.94. The molecule has 2 heteroatoms. The zero-order valence-electron chi connectivity index (χ0n) is 10.1. The lowest BCUT2D eigenvalue weighted by atomic mass is 10.0. The predicted molar refractivity (Wildman–Crippen MR) is 70.5 cm³/mol. The van der Waals surface area contributed by atoms with Gasteiger partial charge in [-0.25, -0.2) is 0 Å². The summed E-state index contributed by atoms with van der Waals surface area (Å²) in [6.45, 7) is 6.56. The Bertz CT molecular complexity index is 494. The van der Waals surface area contributed by atoms with Gasteiger partial charge in [0.2, 0.25) is 0 Å². The van der Waals surface area contributed by atoms with Crippen molar-refractivity contribution in [2.45, 2.75) is 20.8 Å². The molecule has 0 bridgehead atoms. The fourth-order valence-corrected chi connectivity index (χ4v) is 3.06. The third kappa shape index (κ3) is 1.85. The fourth-order valence-electron chi connectivity index (χ4n) is 1.97. The first kappa shape index (κ1) is 11.2. The van der Waals surface area contributed by atoms with Crippen LogP contribution in [0.25, 0.3) is 11.1 Å². The first-order valence-electron chi connectivity index (χ1n) is 5.34. The largest absolute Gasteiger partial charge is 0.497 e. The first-order valence-corrected chi connectivity index (χ1v) is 6.16. The minimum absolute atomic E-state index is 0.908. The minimum Gasteiger partial charge on any atom is -0.497 e. The van der Waals surface area contributed by atoms with Crippen LogP contribution >= 0.6 is 11.3 Å². The highest BCUT2D eigenvalue weighted by molar-refractivity contribution is 7.12. The summed E-state index contributed by atoms with van der Waals surface area (Å²) >= 11 is 1.87. The van der Waals surface area contributed by atoms with Crippen LogP contribution < -0.4 is 4.74 Å². The van der Waals surface area contributed by atoms with E-state index in [1.165, 1.54) is 26.4 Å². The highest BCUT2D eigenvalue weighted by Crippen LogP contribution is 2.35. The van der Waals surface area contributed by atoms with Gasteiger partial charge in [-0.1, -0.05) is 12.1 Å². The van der Waals surface area contributed by atoms with Crippen LogP contribution in [0.3, 0.4) is 0 Å². The van der Waals surface area contributed by atoms with E-state index in [9.17, 15) is 0 Å². The molecule has 2 rings (SSSR count). The Morgan fingerprint density at radius 2 is 1.56 bits per heavy atom. The average Bonchev–Trinajstić information content (AvgIpc) is 2.54. The maximum absolute atomic E-state index is 5.17. The van der Waals surface area contributed by atoms with Crippen LogP contribution in [0.2, 0.25) is 0 Å². The van der Waals surface area contributed by atoms with Crippen molar-refractivity contribution in [3.05, 3.63) is 39.6 Å². The van der Waals surface area contributed by atoms with Crippen molar-refractivity contribution in [2.75, 3.05) is 7.11 Å². The Labute approximate surface area is 101 Å². The van der Waals surface area contributed by atoms with E-state index in [0.717, 1.165) is 5.75 Å². The Morgan fingerprint density at radius 3 is 2.00 bits per heavy atom. The molecule has 0 amide bonds. The van der Waals surface area contributed by atoms with Crippen LogP contribution in [0.4, 0.5) is 0 Å². The molecular weight excluding hydrogens is 216 g/mol. The van der Waals surface area contributed by atoms with E-state index in [0.29, 0.717) is 0 Å². The maximum atomic E-state index is 5.17. The molecule has 0 unspecified atom stereocenters. The molecular formula is C14H16OS. The second-order valence-corrected chi connectivity index (χ2v) is 5.37. The first-order chi connectivity index (χ1) is 7.63. The summed E-state index contributed by atoms with van der Waals surface area (Å²) < 4.78 is 5.17. The molecule has 84 valence electrons. The van der Waals surface area contributed by atoms with Crippen molar-refractivity contribution < 1.29 is 4.74 Å². The summed E-state index contributed by atoms with van der Waals surface area (Å²) in [7, 11) is 1.69. The van der Waals surface area contributed by atoms with Gasteiger partial charge in [0.1, 0.15) is 5.75 Å². The SMILES string of the molecule is COc1ccc(-c2c(C)sc(C)c2C)cc1. The number of aryl methyl sites for hydroxylation is 2. The van der Waals surface area contributed by atoms with E-state index in [4.69, 9.17) is 4.74 Å². The maximum Gasteiger partial charge on any atom is 0.118 e. The van der Waals surface area contributed by atoms with E-state index >= 15 is 0 Å². The quantitative estimate of drug-likeness (QED) is 0.748. The van der Waals surface area contributed by atoms with E-state index in [1.54, 1.807) is 7.11 Å². The average molecular weight is 232 g/mol. The van der Waals surface area contributed by atoms with Crippen molar-refractivity contribution in [3.8, 4) is 16.9 Å². The molecule has 0 N–H and O–H groups in total. The molecule has 0 atom stereocenters. The lowest BCUT2D eigenvalue weighted by Crippen LogP contribution is -1.84. The zero-order chi connectivity index (χ0) is 11.7. The molecule has 0 fully saturated rings. The number of methoxy groups -OCH3 is 1. The van der Waals surface area contributed by atoms with Crippen molar-refractivity contribution in [2.24, 2.45) is 0 Å². The molecule has 1 heterocycles. The van der Waals surface area contributed by atoms with Gasteiger partial charge in [-0.3, -0.25) is 0 Å². The summed E-state index contributed by atoms with van der Waals surface area (Å²) in [6.07, 6.45) is 0. The van der Waals surface area contributed by atoms with Gasteiger partial charge in [-0.15, -0.1) is 11.3 Å². The number of hydrogen-bond donors (Lipinski definition) is 0. The molecule has 0 spiro atoms. The Kier molecular flexibility index (Phi) is 3.01.